The molecule has 0 spiro atoms. The Morgan fingerprint density at radius 2 is 1.96 bits per heavy atom. The van der Waals surface area contributed by atoms with E-state index in [1.165, 1.54) is 18.4 Å². The number of anilines is 2. The van der Waals surface area contributed by atoms with Crippen LogP contribution in [0, 0.1) is 6.92 Å². The summed E-state index contributed by atoms with van der Waals surface area (Å²) in [6.07, 6.45) is 5.41. The lowest BCUT2D eigenvalue weighted by molar-refractivity contribution is 0.00759. The second kappa shape index (κ2) is 9.19. The predicted molar refractivity (Wildman–Crippen MR) is 109 cm³/mol. The van der Waals surface area contributed by atoms with Gasteiger partial charge in [-0.15, -0.1) is 0 Å². The number of piperidine rings is 1. The molecule has 0 bridgehead atoms. The molecule has 1 saturated heterocycles. The van der Waals surface area contributed by atoms with Crippen molar-refractivity contribution in [3.05, 3.63) is 23.3 Å². The van der Waals surface area contributed by atoms with Crippen molar-refractivity contribution >= 4 is 11.5 Å². The average Bonchev–Trinajstić information content (AvgIpc) is 2.61. The zero-order chi connectivity index (χ0) is 19.3. The molecule has 1 aromatic heterocycles. The fourth-order valence-electron chi connectivity index (χ4n) is 3.23. The summed E-state index contributed by atoms with van der Waals surface area (Å²) in [5.41, 5.74) is 8.85. The topological polar surface area (TPSA) is 73.6 Å². The molecule has 2 rings (SSSR count). The molecular weight excluding hydrogens is 326 g/mol. The highest BCUT2D eigenvalue weighted by atomic mass is 15.6. The largest absolute Gasteiger partial charge is 0.394 e. The maximum Gasteiger partial charge on any atom is 0.153 e. The zero-order valence-electron chi connectivity index (χ0n) is 17.2. The van der Waals surface area contributed by atoms with Crippen molar-refractivity contribution < 1.29 is 0 Å². The molecule has 0 aliphatic carbocycles. The first-order chi connectivity index (χ1) is 12.3. The first kappa shape index (κ1) is 20.5. The quantitative estimate of drug-likeness (QED) is 0.721. The maximum atomic E-state index is 6.14. The maximum absolute atomic E-state index is 6.14. The molecule has 26 heavy (non-hydrogen) atoms. The standard InChI is InChI=1S/C19H35N7/c1-7-17-22-15(3)18(20)19(23-17)21-12-14(2)13-26(24(4)5)16-8-10-25(6)11-9-16/h13,16H,7-12,20H2,1-6H3,(H,21,22,23)/b14-13+. The van der Waals surface area contributed by atoms with Crippen molar-refractivity contribution in [2.45, 2.75) is 46.1 Å². The molecule has 2 heterocycles. The number of nitrogens with zero attached hydrogens (tertiary/aromatic N) is 5. The van der Waals surface area contributed by atoms with Crippen LogP contribution in [0.2, 0.25) is 0 Å². The lowest BCUT2D eigenvalue weighted by Crippen LogP contribution is -2.47. The molecule has 7 heteroatoms. The van der Waals surface area contributed by atoms with Crippen LogP contribution in [-0.4, -0.2) is 71.7 Å². The van der Waals surface area contributed by atoms with E-state index in [1.807, 2.05) is 6.92 Å². The summed E-state index contributed by atoms with van der Waals surface area (Å²) >= 11 is 0. The van der Waals surface area contributed by atoms with E-state index in [4.69, 9.17) is 5.73 Å². The number of aromatic nitrogens is 2. The highest BCUT2D eigenvalue weighted by Gasteiger charge is 2.22. The van der Waals surface area contributed by atoms with Crippen molar-refractivity contribution in [2.24, 2.45) is 0 Å². The van der Waals surface area contributed by atoms with Crippen molar-refractivity contribution in [3.63, 3.8) is 0 Å². The summed E-state index contributed by atoms with van der Waals surface area (Å²) in [6, 6.07) is 0.550. The molecule has 146 valence electrons. The van der Waals surface area contributed by atoms with E-state index in [-0.39, 0.29) is 0 Å². The highest BCUT2D eigenvalue weighted by Crippen LogP contribution is 2.20. The smallest absolute Gasteiger partial charge is 0.153 e. The van der Waals surface area contributed by atoms with Crippen molar-refractivity contribution in [2.75, 3.05) is 51.8 Å². The van der Waals surface area contributed by atoms with Crippen LogP contribution in [0.1, 0.15) is 38.2 Å². The number of nitrogen functional groups attached to an aromatic ring is 1. The summed E-state index contributed by atoms with van der Waals surface area (Å²) in [4.78, 5) is 11.3. The van der Waals surface area contributed by atoms with Crippen LogP contribution in [0.5, 0.6) is 0 Å². The third-order valence-corrected chi connectivity index (χ3v) is 4.91. The van der Waals surface area contributed by atoms with Crippen LogP contribution in [0.25, 0.3) is 0 Å². The van der Waals surface area contributed by atoms with Gasteiger partial charge in [-0.1, -0.05) is 6.92 Å². The summed E-state index contributed by atoms with van der Waals surface area (Å²) in [5, 5.41) is 7.92. The minimum atomic E-state index is 0.550. The number of aryl methyl sites for hydroxylation is 2. The first-order valence-corrected chi connectivity index (χ1v) is 9.50. The summed E-state index contributed by atoms with van der Waals surface area (Å²) < 4.78 is 0. The van der Waals surface area contributed by atoms with Crippen LogP contribution < -0.4 is 11.1 Å². The fraction of sp³-hybridized carbons (Fsp3) is 0.684. The first-order valence-electron chi connectivity index (χ1n) is 9.50. The number of hydrazine groups is 1. The monoisotopic (exact) mass is 361 g/mol. The van der Waals surface area contributed by atoms with Gasteiger partial charge in [-0.2, -0.15) is 0 Å². The Hall–Kier alpha value is -1.86. The van der Waals surface area contributed by atoms with E-state index in [2.05, 4.69) is 71.4 Å². The van der Waals surface area contributed by atoms with Crippen LogP contribution >= 0.6 is 0 Å². The number of nitrogens with two attached hydrogens (primary N) is 1. The van der Waals surface area contributed by atoms with E-state index in [0.717, 1.165) is 36.8 Å². The Morgan fingerprint density at radius 3 is 2.54 bits per heavy atom. The van der Waals surface area contributed by atoms with Gasteiger partial charge in [0.15, 0.2) is 5.82 Å². The Kier molecular flexibility index (Phi) is 7.23. The number of likely N-dealkylation sites (tertiary alicyclic amines) is 1. The number of nitrogens with one attached hydrogen (secondary N) is 1. The normalized spacial score (nSPS) is 17.0. The second-order valence-electron chi connectivity index (χ2n) is 7.43. The molecule has 1 aromatic rings. The second-order valence-corrected chi connectivity index (χ2v) is 7.43. The minimum Gasteiger partial charge on any atom is -0.394 e. The van der Waals surface area contributed by atoms with Gasteiger partial charge >= 0.3 is 0 Å². The van der Waals surface area contributed by atoms with Crippen LogP contribution in [0.4, 0.5) is 11.5 Å². The van der Waals surface area contributed by atoms with Gasteiger partial charge in [0.2, 0.25) is 0 Å². The number of hydrogen-bond acceptors (Lipinski definition) is 7. The molecule has 0 amide bonds. The number of hydrogen-bond donors (Lipinski definition) is 2. The molecule has 0 saturated carbocycles. The van der Waals surface area contributed by atoms with E-state index in [1.54, 1.807) is 0 Å². The van der Waals surface area contributed by atoms with E-state index >= 15 is 0 Å². The highest BCUT2D eigenvalue weighted by molar-refractivity contribution is 5.63. The van der Waals surface area contributed by atoms with E-state index in [9.17, 15) is 0 Å². The van der Waals surface area contributed by atoms with Gasteiger partial charge in [-0.25, -0.2) is 15.0 Å². The Bertz CT molecular complexity index is 619. The van der Waals surface area contributed by atoms with E-state index < -0.39 is 0 Å². The van der Waals surface area contributed by atoms with Gasteiger partial charge < -0.3 is 21.0 Å². The van der Waals surface area contributed by atoms with E-state index in [0.29, 0.717) is 18.3 Å². The summed E-state index contributed by atoms with van der Waals surface area (Å²) in [5.74, 6) is 1.56. The van der Waals surface area contributed by atoms with Gasteiger partial charge in [-0.3, -0.25) is 0 Å². The molecular formula is C19H35N7. The minimum absolute atomic E-state index is 0.550. The summed E-state index contributed by atoms with van der Waals surface area (Å²) in [6.45, 7) is 9.13. The van der Waals surface area contributed by atoms with Gasteiger partial charge in [0.05, 0.1) is 11.4 Å². The molecule has 0 atom stereocenters. The molecule has 1 aliphatic heterocycles. The molecule has 1 fully saturated rings. The van der Waals surface area contributed by atoms with Crippen LogP contribution in [0.3, 0.4) is 0 Å². The predicted octanol–water partition coefficient (Wildman–Crippen LogP) is 2.12. The fourth-order valence-corrected chi connectivity index (χ4v) is 3.23. The van der Waals surface area contributed by atoms with Gasteiger partial charge in [0.1, 0.15) is 5.82 Å². The molecule has 0 radical (unpaired) electrons. The van der Waals surface area contributed by atoms with Gasteiger partial charge in [-0.05, 0) is 52.4 Å². The molecule has 1 aliphatic rings. The van der Waals surface area contributed by atoms with Crippen molar-refractivity contribution in [1.82, 2.24) is 24.9 Å². The Morgan fingerprint density at radius 1 is 1.31 bits per heavy atom. The lowest BCUT2D eigenvalue weighted by Gasteiger charge is -2.40. The van der Waals surface area contributed by atoms with Crippen LogP contribution in [0.15, 0.2) is 11.8 Å². The van der Waals surface area contributed by atoms with Crippen LogP contribution in [-0.2, 0) is 6.42 Å². The van der Waals surface area contributed by atoms with Crippen molar-refractivity contribution in [3.8, 4) is 0 Å². The molecule has 7 nitrogen and oxygen atoms in total. The summed E-state index contributed by atoms with van der Waals surface area (Å²) in [7, 11) is 6.41. The zero-order valence-corrected chi connectivity index (χ0v) is 17.2. The molecule has 0 aromatic carbocycles. The SMILES string of the molecule is CCc1nc(C)c(N)c(NC/C(C)=C/N(C2CCN(C)CC2)N(C)C)n1. The number of rotatable bonds is 7. The average molecular weight is 362 g/mol. The van der Waals surface area contributed by atoms with Gasteiger partial charge in [0.25, 0.3) is 0 Å². The third-order valence-electron chi connectivity index (χ3n) is 4.91. The lowest BCUT2D eigenvalue weighted by atomic mass is 10.1. The molecule has 3 N–H and O–H groups in total. The van der Waals surface area contributed by atoms with Gasteiger partial charge in [0, 0.05) is 39.3 Å². The molecule has 0 unspecified atom stereocenters. The third kappa shape index (κ3) is 5.32. The Balaban J connectivity index is 2.05. The van der Waals surface area contributed by atoms with Crippen molar-refractivity contribution in [1.29, 1.82) is 0 Å². The Labute approximate surface area is 158 Å².